The number of benzene rings is 3. The molecule has 4 rings (SSSR count). The van der Waals surface area contributed by atoms with E-state index in [4.69, 9.17) is 21.1 Å². The molecule has 1 aliphatic heterocycles. The molecule has 5 amide bonds. The van der Waals surface area contributed by atoms with Crippen LogP contribution in [0.15, 0.2) is 64.6 Å². The molecule has 0 spiro atoms. The molecule has 0 saturated carbocycles. The fraction of sp³-hybridized carbons (Fsp3) is 0.111. The fourth-order valence-corrected chi connectivity index (χ4v) is 4.47. The van der Waals surface area contributed by atoms with Crippen LogP contribution in [0.2, 0.25) is 5.02 Å². The molecule has 3 aromatic rings. The standard InChI is InChI=1S/C27H20BrClFN3O6/c1-14-18(29)6-5-9-21(14)33-26(36)16(25(35)32-27(33)37)10-15-11-17(28)24(22(12-15)38-2)39-13-23(34)31-20-8-4-3-7-19(20)30/h3-12H,13H2,1-2H3,(H,31,34)(H,32,35,37)/b16-10-. The molecule has 1 saturated heterocycles. The summed E-state index contributed by atoms with van der Waals surface area (Å²) in [6, 6.07) is 12.6. The highest BCUT2D eigenvalue weighted by Gasteiger charge is 2.37. The number of urea groups is 1. The average molecular weight is 617 g/mol. The lowest BCUT2D eigenvalue weighted by molar-refractivity contribution is -0.122. The number of hydrogen-bond donors (Lipinski definition) is 2. The maximum atomic E-state index is 13.8. The first-order chi connectivity index (χ1) is 18.6. The molecule has 0 aromatic heterocycles. The van der Waals surface area contributed by atoms with Gasteiger partial charge >= 0.3 is 6.03 Å². The number of imide groups is 2. The molecular weight excluding hydrogens is 597 g/mol. The number of methoxy groups -OCH3 is 1. The van der Waals surface area contributed by atoms with Crippen molar-refractivity contribution in [1.82, 2.24) is 5.32 Å². The second kappa shape index (κ2) is 11.7. The number of para-hydroxylation sites is 1. The first-order valence-corrected chi connectivity index (χ1v) is 12.5. The predicted octanol–water partition coefficient (Wildman–Crippen LogP) is 5.24. The quantitative estimate of drug-likeness (QED) is 0.277. The van der Waals surface area contributed by atoms with Crippen molar-refractivity contribution in [2.75, 3.05) is 23.9 Å². The van der Waals surface area contributed by atoms with Gasteiger partial charge in [0.2, 0.25) is 0 Å². The van der Waals surface area contributed by atoms with E-state index in [9.17, 15) is 23.6 Å². The van der Waals surface area contributed by atoms with Crippen molar-refractivity contribution in [3.8, 4) is 11.5 Å². The number of anilines is 2. The van der Waals surface area contributed by atoms with Crippen molar-refractivity contribution < 1.29 is 33.0 Å². The molecule has 12 heteroatoms. The Bertz CT molecular complexity index is 1540. The molecule has 0 aliphatic carbocycles. The summed E-state index contributed by atoms with van der Waals surface area (Å²) in [5.41, 5.74) is 0.786. The molecule has 2 N–H and O–H groups in total. The van der Waals surface area contributed by atoms with Crippen LogP contribution in [0.5, 0.6) is 11.5 Å². The first-order valence-electron chi connectivity index (χ1n) is 11.3. The summed E-state index contributed by atoms with van der Waals surface area (Å²) in [7, 11) is 1.37. The number of amides is 5. The van der Waals surface area contributed by atoms with Gasteiger partial charge in [0.05, 0.1) is 23.0 Å². The third kappa shape index (κ3) is 5.94. The molecule has 39 heavy (non-hydrogen) atoms. The monoisotopic (exact) mass is 615 g/mol. The molecule has 0 radical (unpaired) electrons. The number of nitrogens with zero attached hydrogens (tertiary/aromatic N) is 1. The SMILES string of the molecule is COc1cc(/C=C2/C(=O)NC(=O)N(c3cccc(Cl)c3C)C2=O)cc(Br)c1OCC(=O)Nc1ccccc1F. The van der Waals surface area contributed by atoms with Gasteiger partial charge in [-0.1, -0.05) is 29.8 Å². The molecule has 9 nitrogen and oxygen atoms in total. The van der Waals surface area contributed by atoms with E-state index in [1.807, 2.05) is 0 Å². The summed E-state index contributed by atoms with van der Waals surface area (Å²) in [4.78, 5) is 51.5. The van der Waals surface area contributed by atoms with Crippen LogP contribution in [0.4, 0.5) is 20.6 Å². The van der Waals surface area contributed by atoms with Crippen LogP contribution in [0.25, 0.3) is 6.08 Å². The Morgan fingerprint density at radius 2 is 1.90 bits per heavy atom. The third-order valence-electron chi connectivity index (χ3n) is 5.64. The van der Waals surface area contributed by atoms with Crippen LogP contribution in [-0.2, 0) is 14.4 Å². The van der Waals surface area contributed by atoms with Gasteiger partial charge in [0, 0.05) is 5.02 Å². The van der Waals surface area contributed by atoms with Crippen molar-refractivity contribution in [1.29, 1.82) is 0 Å². The molecule has 1 fully saturated rings. The summed E-state index contributed by atoms with van der Waals surface area (Å²) >= 11 is 9.51. The largest absolute Gasteiger partial charge is 0.493 e. The Labute approximate surface area is 235 Å². The molecular formula is C27H20BrClFN3O6. The summed E-state index contributed by atoms with van der Waals surface area (Å²) in [5, 5.41) is 4.93. The predicted molar refractivity (Wildman–Crippen MR) is 146 cm³/mol. The maximum absolute atomic E-state index is 13.8. The van der Waals surface area contributed by atoms with Gasteiger partial charge in [-0.2, -0.15) is 0 Å². The van der Waals surface area contributed by atoms with E-state index in [0.29, 0.717) is 20.6 Å². The van der Waals surface area contributed by atoms with Crippen molar-refractivity contribution >= 4 is 68.7 Å². The van der Waals surface area contributed by atoms with Crippen molar-refractivity contribution in [2.24, 2.45) is 0 Å². The minimum atomic E-state index is -0.899. The van der Waals surface area contributed by atoms with Crippen molar-refractivity contribution in [3.63, 3.8) is 0 Å². The zero-order valence-corrected chi connectivity index (χ0v) is 22.9. The summed E-state index contributed by atoms with van der Waals surface area (Å²) in [5.74, 6) is -2.57. The smallest absolute Gasteiger partial charge is 0.335 e. The van der Waals surface area contributed by atoms with Gasteiger partial charge in [0.15, 0.2) is 18.1 Å². The fourth-order valence-electron chi connectivity index (χ4n) is 3.73. The number of ether oxygens (including phenoxy) is 2. The van der Waals surface area contributed by atoms with E-state index in [-0.39, 0.29) is 28.4 Å². The Morgan fingerprint density at radius 3 is 2.62 bits per heavy atom. The van der Waals surface area contributed by atoms with Crippen LogP contribution >= 0.6 is 27.5 Å². The summed E-state index contributed by atoms with van der Waals surface area (Å²) in [6.07, 6.45) is 1.29. The van der Waals surface area contributed by atoms with E-state index >= 15 is 0 Å². The van der Waals surface area contributed by atoms with E-state index in [2.05, 4.69) is 26.6 Å². The zero-order chi connectivity index (χ0) is 28.3. The molecule has 1 heterocycles. The second-order valence-corrected chi connectivity index (χ2v) is 9.45. The van der Waals surface area contributed by atoms with E-state index in [1.165, 1.54) is 43.5 Å². The van der Waals surface area contributed by atoms with Crippen LogP contribution in [0.1, 0.15) is 11.1 Å². The zero-order valence-electron chi connectivity index (χ0n) is 20.5. The van der Waals surface area contributed by atoms with Gasteiger partial charge < -0.3 is 14.8 Å². The Balaban J connectivity index is 1.58. The van der Waals surface area contributed by atoms with Gasteiger partial charge in [0.1, 0.15) is 11.4 Å². The maximum Gasteiger partial charge on any atom is 0.335 e. The minimum absolute atomic E-state index is 0.00928. The third-order valence-corrected chi connectivity index (χ3v) is 6.64. The molecule has 0 bridgehead atoms. The number of rotatable bonds is 7. The van der Waals surface area contributed by atoms with Gasteiger partial charge in [-0.05, 0) is 76.5 Å². The van der Waals surface area contributed by atoms with Gasteiger partial charge in [-0.15, -0.1) is 0 Å². The highest BCUT2D eigenvalue weighted by atomic mass is 79.9. The molecule has 0 unspecified atom stereocenters. The molecule has 1 aliphatic rings. The van der Waals surface area contributed by atoms with Gasteiger partial charge in [-0.3, -0.25) is 19.7 Å². The lowest BCUT2D eigenvalue weighted by atomic mass is 10.1. The number of carbonyl (C=O) groups is 4. The first kappa shape index (κ1) is 27.8. The summed E-state index contributed by atoms with van der Waals surface area (Å²) < 4.78 is 25.1. The normalized spacial score (nSPS) is 14.3. The number of nitrogens with one attached hydrogen (secondary N) is 2. The highest BCUT2D eigenvalue weighted by Crippen LogP contribution is 2.38. The average Bonchev–Trinajstić information content (AvgIpc) is 2.89. The van der Waals surface area contributed by atoms with E-state index in [0.717, 1.165) is 4.90 Å². The lowest BCUT2D eigenvalue weighted by Gasteiger charge is -2.27. The highest BCUT2D eigenvalue weighted by molar-refractivity contribution is 9.10. The van der Waals surface area contributed by atoms with E-state index < -0.39 is 36.2 Å². The molecule has 3 aromatic carbocycles. The lowest BCUT2D eigenvalue weighted by Crippen LogP contribution is -2.54. The van der Waals surface area contributed by atoms with Crippen LogP contribution in [0, 0.1) is 12.7 Å². The van der Waals surface area contributed by atoms with Gasteiger partial charge in [0.25, 0.3) is 17.7 Å². The van der Waals surface area contributed by atoms with Crippen LogP contribution in [-0.4, -0.2) is 37.5 Å². The Hall–Kier alpha value is -4.22. The Kier molecular flexibility index (Phi) is 8.32. The van der Waals surface area contributed by atoms with Crippen molar-refractivity contribution in [3.05, 3.63) is 86.6 Å². The molecule has 0 atom stereocenters. The van der Waals surface area contributed by atoms with Crippen molar-refractivity contribution in [2.45, 2.75) is 6.92 Å². The molecule has 200 valence electrons. The second-order valence-electron chi connectivity index (χ2n) is 8.19. The number of carbonyl (C=O) groups excluding carboxylic acids is 4. The van der Waals surface area contributed by atoms with Crippen LogP contribution in [0.3, 0.4) is 0 Å². The number of barbiturate groups is 1. The topological polar surface area (TPSA) is 114 Å². The van der Waals surface area contributed by atoms with Gasteiger partial charge in [-0.25, -0.2) is 14.1 Å². The number of halogens is 3. The Morgan fingerprint density at radius 1 is 1.15 bits per heavy atom. The number of hydrogen-bond acceptors (Lipinski definition) is 6. The van der Waals surface area contributed by atoms with Crippen LogP contribution < -0.4 is 25.0 Å². The van der Waals surface area contributed by atoms with E-state index in [1.54, 1.807) is 31.2 Å². The minimum Gasteiger partial charge on any atom is -0.493 e. The summed E-state index contributed by atoms with van der Waals surface area (Å²) in [6.45, 7) is 1.19.